The van der Waals surface area contributed by atoms with E-state index in [1.807, 2.05) is 6.07 Å². The standard InChI is InChI=1S/C18H15BrN4O3S2/c1-26-14-7-3-6-13(9-14)20-15(24)10-27-18-23-22-17(28-18)21-16(25)11-4-2-5-12(19)8-11/h2-9H,10H2,1H3,(H,20,24)(H,21,22,25). The zero-order valence-electron chi connectivity index (χ0n) is 14.6. The summed E-state index contributed by atoms with van der Waals surface area (Å²) in [7, 11) is 1.57. The molecule has 28 heavy (non-hydrogen) atoms. The van der Waals surface area contributed by atoms with Gasteiger partial charge in [-0.3, -0.25) is 14.9 Å². The predicted octanol–water partition coefficient (Wildman–Crippen LogP) is 4.29. The molecule has 3 rings (SSSR count). The molecule has 0 aliphatic rings. The van der Waals surface area contributed by atoms with Crippen LogP contribution in [0.15, 0.2) is 57.3 Å². The van der Waals surface area contributed by atoms with Crippen LogP contribution in [0.2, 0.25) is 0 Å². The van der Waals surface area contributed by atoms with E-state index in [2.05, 4.69) is 36.8 Å². The van der Waals surface area contributed by atoms with E-state index in [1.165, 1.54) is 23.1 Å². The summed E-state index contributed by atoms with van der Waals surface area (Å²) < 4.78 is 6.53. The van der Waals surface area contributed by atoms with Crippen LogP contribution < -0.4 is 15.4 Å². The molecule has 10 heteroatoms. The van der Waals surface area contributed by atoms with Crippen LogP contribution in [0.5, 0.6) is 5.75 Å². The predicted molar refractivity (Wildman–Crippen MR) is 114 cm³/mol. The molecule has 0 radical (unpaired) electrons. The molecule has 0 fully saturated rings. The molecule has 3 aromatic rings. The van der Waals surface area contributed by atoms with Gasteiger partial charge in [0.25, 0.3) is 5.91 Å². The molecule has 2 aromatic carbocycles. The van der Waals surface area contributed by atoms with Gasteiger partial charge >= 0.3 is 0 Å². The first kappa shape index (κ1) is 20.3. The fourth-order valence-corrected chi connectivity index (χ4v) is 4.09. The first-order chi connectivity index (χ1) is 13.5. The Morgan fingerprint density at radius 3 is 2.75 bits per heavy atom. The quantitative estimate of drug-likeness (QED) is 0.388. The first-order valence-corrected chi connectivity index (χ1v) is 10.6. The number of nitrogens with zero attached hydrogens (tertiary/aromatic N) is 2. The molecule has 1 heterocycles. The van der Waals surface area contributed by atoms with E-state index < -0.39 is 0 Å². The summed E-state index contributed by atoms with van der Waals surface area (Å²) in [5.41, 5.74) is 1.17. The monoisotopic (exact) mass is 478 g/mol. The number of carbonyl (C=O) groups excluding carboxylic acids is 2. The van der Waals surface area contributed by atoms with Gasteiger partial charge in [-0.1, -0.05) is 51.2 Å². The SMILES string of the molecule is COc1cccc(NC(=O)CSc2nnc(NC(=O)c3cccc(Br)c3)s2)c1. The molecule has 144 valence electrons. The van der Waals surface area contributed by atoms with Crippen LogP contribution in [0.1, 0.15) is 10.4 Å². The number of halogens is 1. The summed E-state index contributed by atoms with van der Waals surface area (Å²) in [5.74, 6) is 0.393. The Morgan fingerprint density at radius 1 is 1.14 bits per heavy atom. The van der Waals surface area contributed by atoms with Crippen molar-refractivity contribution in [2.45, 2.75) is 4.34 Å². The van der Waals surface area contributed by atoms with Crippen LogP contribution in [0.25, 0.3) is 0 Å². The lowest BCUT2D eigenvalue weighted by atomic mass is 10.2. The molecule has 0 bridgehead atoms. The number of carbonyl (C=O) groups is 2. The molecule has 1 aromatic heterocycles. The highest BCUT2D eigenvalue weighted by Gasteiger charge is 2.12. The maximum absolute atomic E-state index is 12.2. The molecule has 0 aliphatic heterocycles. The topological polar surface area (TPSA) is 93.2 Å². The van der Waals surface area contributed by atoms with Gasteiger partial charge in [-0.15, -0.1) is 10.2 Å². The molecule has 2 N–H and O–H groups in total. The van der Waals surface area contributed by atoms with Crippen molar-refractivity contribution in [1.82, 2.24) is 10.2 Å². The second-order valence-corrected chi connectivity index (χ2v) is 8.52. The Balaban J connectivity index is 1.51. The minimum Gasteiger partial charge on any atom is -0.497 e. The van der Waals surface area contributed by atoms with Gasteiger partial charge in [0.2, 0.25) is 11.0 Å². The van der Waals surface area contributed by atoms with Crippen molar-refractivity contribution in [2.75, 3.05) is 23.5 Å². The van der Waals surface area contributed by atoms with E-state index in [4.69, 9.17) is 4.74 Å². The van der Waals surface area contributed by atoms with Gasteiger partial charge in [-0.2, -0.15) is 0 Å². The fraction of sp³-hybridized carbons (Fsp3) is 0.111. The molecule has 0 spiro atoms. The average molecular weight is 479 g/mol. The van der Waals surface area contributed by atoms with Crippen LogP contribution in [-0.2, 0) is 4.79 Å². The maximum atomic E-state index is 12.2. The number of anilines is 2. The number of amides is 2. The summed E-state index contributed by atoms with van der Waals surface area (Å²) >= 11 is 5.79. The number of hydrogen-bond donors (Lipinski definition) is 2. The molecule has 0 saturated heterocycles. The second kappa shape index (κ2) is 9.67. The van der Waals surface area contributed by atoms with Gasteiger partial charge in [0.05, 0.1) is 12.9 Å². The van der Waals surface area contributed by atoms with Crippen LogP contribution in [-0.4, -0.2) is 34.9 Å². The number of benzene rings is 2. The second-order valence-electron chi connectivity index (χ2n) is 5.41. The number of aromatic nitrogens is 2. The number of methoxy groups -OCH3 is 1. The van der Waals surface area contributed by atoms with Gasteiger partial charge < -0.3 is 10.1 Å². The molecular weight excluding hydrogens is 464 g/mol. The molecule has 2 amide bonds. The van der Waals surface area contributed by atoms with E-state index >= 15 is 0 Å². The van der Waals surface area contributed by atoms with E-state index in [0.717, 1.165) is 4.47 Å². The Kier molecular flexibility index (Phi) is 7.01. The zero-order chi connectivity index (χ0) is 19.9. The number of nitrogens with one attached hydrogen (secondary N) is 2. The number of thioether (sulfide) groups is 1. The third kappa shape index (κ3) is 5.78. The van der Waals surface area contributed by atoms with Crippen LogP contribution in [0.3, 0.4) is 0 Å². The molecule has 0 unspecified atom stereocenters. The van der Waals surface area contributed by atoms with Crippen molar-refractivity contribution < 1.29 is 14.3 Å². The lowest BCUT2D eigenvalue weighted by molar-refractivity contribution is -0.113. The molecule has 0 atom stereocenters. The van der Waals surface area contributed by atoms with Crippen molar-refractivity contribution in [1.29, 1.82) is 0 Å². The lowest BCUT2D eigenvalue weighted by Crippen LogP contribution is -2.13. The van der Waals surface area contributed by atoms with Crippen LogP contribution in [0.4, 0.5) is 10.8 Å². The highest BCUT2D eigenvalue weighted by Crippen LogP contribution is 2.26. The molecule has 7 nitrogen and oxygen atoms in total. The van der Waals surface area contributed by atoms with Gasteiger partial charge in [-0.25, -0.2) is 0 Å². The third-order valence-corrected chi connectivity index (χ3v) is 5.86. The first-order valence-electron chi connectivity index (χ1n) is 8.00. The fourth-order valence-electron chi connectivity index (χ4n) is 2.14. The van der Waals surface area contributed by atoms with Crippen LogP contribution in [0, 0.1) is 0 Å². The number of ether oxygens (including phenoxy) is 1. The van der Waals surface area contributed by atoms with Crippen molar-refractivity contribution in [3.05, 3.63) is 58.6 Å². The van der Waals surface area contributed by atoms with Crippen molar-refractivity contribution in [3.63, 3.8) is 0 Å². The van der Waals surface area contributed by atoms with Crippen LogP contribution >= 0.6 is 39.0 Å². The Morgan fingerprint density at radius 2 is 1.96 bits per heavy atom. The molecule has 0 aliphatic carbocycles. The zero-order valence-corrected chi connectivity index (χ0v) is 17.9. The van der Waals surface area contributed by atoms with Gasteiger partial charge in [0, 0.05) is 21.8 Å². The van der Waals surface area contributed by atoms with Crippen molar-refractivity contribution >= 4 is 61.7 Å². The average Bonchev–Trinajstić information content (AvgIpc) is 3.14. The lowest BCUT2D eigenvalue weighted by Gasteiger charge is -2.06. The Bertz CT molecular complexity index is 996. The highest BCUT2D eigenvalue weighted by molar-refractivity contribution is 9.10. The molecular formula is C18H15BrN4O3S2. The summed E-state index contributed by atoms with van der Waals surface area (Å²) in [5, 5.41) is 13.8. The van der Waals surface area contributed by atoms with Gasteiger partial charge in [0.15, 0.2) is 4.34 Å². The van der Waals surface area contributed by atoms with Gasteiger partial charge in [-0.05, 0) is 30.3 Å². The largest absolute Gasteiger partial charge is 0.497 e. The minimum absolute atomic E-state index is 0.172. The van der Waals surface area contributed by atoms with Gasteiger partial charge in [0.1, 0.15) is 5.75 Å². The Labute approximate surface area is 178 Å². The van der Waals surface area contributed by atoms with E-state index in [0.29, 0.717) is 26.5 Å². The van der Waals surface area contributed by atoms with E-state index in [-0.39, 0.29) is 17.6 Å². The van der Waals surface area contributed by atoms with Crippen molar-refractivity contribution in [3.8, 4) is 5.75 Å². The summed E-state index contributed by atoms with van der Waals surface area (Å²) in [6.07, 6.45) is 0. The molecule has 0 saturated carbocycles. The van der Waals surface area contributed by atoms with E-state index in [9.17, 15) is 9.59 Å². The summed E-state index contributed by atoms with van der Waals surface area (Å²) in [6.45, 7) is 0. The highest BCUT2D eigenvalue weighted by atomic mass is 79.9. The smallest absolute Gasteiger partial charge is 0.257 e. The number of rotatable bonds is 7. The number of hydrogen-bond acceptors (Lipinski definition) is 7. The normalized spacial score (nSPS) is 10.4. The summed E-state index contributed by atoms with van der Waals surface area (Å²) in [4.78, 5) is 24.3. The maximum Gasteiger partial charge on any atom is 0.257 e. The minimum atomic E-state index is -0.273. The van der Waals surface area contributed by atoms with E-state index in [1.54, 1.807) is 49.6 Å². The summed E-state index contributed by atoms with van der Waals surface area (Å²) in [6, 6.07) is 14.2. The van der Waals surface area contributed by atoms with Crippen molar-refractivity contribution in [2.24, 2.45) is 0 Å². The third-order valence-electron chi connectivity index (χ3n) is 3.39. The Hall–Kier alpha value is -2.43.